The lowest BCUT2D eigenvalue weighted by molar-refractivity contribution is 0.340. The number of phenolic OH excluding ortho intramolecular Hbond substituents is 1. The molecular formula is C20H19O3P. The number of aromatic hydroxyl groups is 1. The zero-order valence-electron chi connectivity index (χ0n) is 13.4. The Kier molecular flexibility index (Phi) is 4.73. The molecular weight excluding hydrogens is 319 g/mol. The number of benzene rings is 3. The summed E-state index contributed by atoms with van der Waals surface area (Å²) in [7, 11) is -3.19. The monoisotopic (exact) mass is 338 g/mol. The molecule has 0 heterocycles. The minimum atomic E-state index is -3.19. The molecule has 0 spiro atoms. The second kappa shape index (κ2) is 6.94. The fraction of sp³-hybridized carbons (Fsp3) is 0.100. The zero-order valence-corrected chi connectivity index (χ0v) is 14.3. The highest BCUT2D eigenvalue weighted by Crippen LogP contribution is 2.45. The second-order valence-corrected chi connectivity index (χ2v) is 8.10. The van der Waals surface area contributed by atoms with Gasteiger partial charge in [-0.1, -0.05) is 60.7 Å². The van der Waals surface area contributed by atoms with Crippen LogP contribution in [-0.2, 0) is 4.57 Å². The molecule has 0 atom stereocenters. The summed E-state index contributed by atoms with van der Waals surface area (Å²) < 4.78 is 19.7. The van der Waals surface area contributed by atoms with Gasteiger partial charge in [0.2, 0.25) is 0 Å². The van der Waals surface area contributed by atoms with Crippen molar-refractivity contribution in [3.8, 4) is 11.5 Å². The van der Waals surface area contributed by atoms with Crippen LogP contribution in [0.25, 0.3) is 0 Å². The van der Waals surface area contributed by atoms with Crippen molar-refractivity contribution in [2.75, 3.05) is 6.61 Å². The van der Waals surface area contributed by atoms with Gasteiger partial charge < -0.3 is 14.4 Å². The number of ether oxygens (including phenoxy) is 1. The van der Waals surface area contributed by atoms with Gasteiger partial charge in [-0.3, -0.25) is 0 Å². The molecule has 0 aromatic heterocycles. The highest BCUT2D eigenvalue weighted by atomic mass is 31.2. The van der Waals surface area contributed by atoms with Crippen LogP contribution in [-0.4, -0.2) is 11.7 Å². The van der Waals surface area contributed by atoms with E-state index < -0.39 is 7.14 Å². The predicted octanol–water partition coefficient (Wildman–Crippen LogP) is 3.43. The average molecular weight is 338 g/mol. The molecule has 122 valence electrons. The molecule has 4 heteroatoms. The quantitative estimate of drug-likeness (QED) is 0.725. The van der Waals surface area contributed by atoms with Gasteiger partial charge in [0.05, 0.1) is 11.9 Å². The number of phenols is 1. The van der Waals surface area contributed by atoms with E-state index in [-0.39, 0.29) is 5.75 Å². The Hall–Kier alpha value is -2.51. The Morgan fingerprint density at radius 1 is 0.875 bits per heavy atom. The summed E-state index contributed by atoms with van der Waals surface area (Å²) in [6, 6.07) is 23.4. The average Bonchev–Trinajstić information content (AvgIpc) is 2.64. The van der Waals surface area contributed by atoms with Gasteiger partial charge in [-0.15, -0.1) is 0 Å². The van der Waals surface area contributed by atoms with Crippen molar-refractivity contribution in [1.82, 2.24) is 0 Å². The largest absolute Gasteiger partial charge is 0.507 e. The summed E-state index contributed by atoms with van der Waals surface area (Å²) in [5.74, 6) is 0.604. The van der Waals surface area contributed by atoms with Crippen molar-refractivity contribution in [3.05, 3.63) is 78.9 Å². The molecule has 0 aliphatic heterocycles. The van der Waals surface area contributed by atoms with E-state index in [1.165, 1.54) is 0 Å². The first-order valence-corrected chi connectivity index (χ1v) is 9.54. The first-order valence-electron chi connectivity index (χ1n) is 7.84. The van der Waals surface area contributed by atoms with Crippen LogP contribution in [0.5, 0.6) is 11.5 Å². The predicted molar refractivity (Wildman–Crippen MR) is 98.7 cm³/mol. The Labute approximate surface area is 141 Å². The second-order valence-electron chi connectivity index (χ2n) is 5.36. The minimum absolute atomic E-state index is 0.00879. The maximum atomic E-state index is 14.2. The standard InChI is InChI=1S/C20H19O3P/c1-2-23-16-13-14-19(21)20(15-16)24(22,17-9-5-3-6-10-17)18-11-7-4-8-12-18/h3-15,21H,2H2,1H3. The molecule has 3 nitrogen and oxygen atoms in total. The van der Waals surface area contributed by atoms with Crippen LogP contribution >= 0.6 is 7.14 Å². The summed E-state index contributed by atoms with van der Waals surface area (Å²) in [4.78, 5) is 0. The van der Waals surface area contributed by atoms with Crippen LogP contribution in [0.2, 0.25) is 0 Å². The van der Waals surface area contributed by atoms with Crippen molar-refractivity contribution in [2.24, 2.45) is 0 Å². The van der Waals surface area contributed by atoms with Gasteiger partial charge in [0.15, 0.2) is 7.14 Å². The molecule has 3 aromatic rings. The Bertz CT molecular complexity index is 817. The third-order valence-corrected chi connectivity index (χ3v) is 6.92. The summed E-state index contributed by atoms with van der Waals surface area (Å²) in [6.45, 7) is 2.39. The van der Waals surface area contributed by atoms with Crippen LogP contribution in [0.3, 0.4) is 0 Å². The number of hydrogen-bond acceptors (Lipinski definition) is 3. The Morgan fingerprint density at radius 2 is 1.42 bits per heavy atom. The van der Waals surface area contributed by atoms with Gasteiger partial charge in [-0.2, -0.15) is 0 Å². The first kappa shape index (κ1) is 16.4. The smallest absolute Gasteiger partial charge is 0.174 e. The Morgan fingerprint density at radius 3 is 1.92 bits per heavy atom. The molecule has 1 N–H and O–H groups in total. The highest BCUT2D eigenvalue weighted by Gasteiger charge is 2.32. The van der Waals surface area contributed by atoms with Crippen molar-refractivity contribution < 1.29 is 14.4 Å². The van der Waals surface area contributed by atoms with Crippen LogP contribution in [0.15, 0.2) is 78.9 Å². The SMILES string of the molecule is CCOc1ccc(O)c(P(=O)(c2ccccc2)c2ccccc2)c1. The first-order chi connectivity index (χ1) is 11.7. The summed E-state index contributed by atoms with van der Waals surface area (Å²) in [6.07, 6.45) is 0. The van der Waals surface area contributed by atoms with Gasteiger partial charge in [0.25, 0.3) is 0 Å². The molecule has 0 amide bonds. The molecule has 0 saturated carbocycles. The fourth-order valence-electron chi connectivity index (χ4n) is 2.72. The van der Waals surface area contributed by atoms with Crippen LogP contribution < -0.4 is 20.7 Å². The normalized spacial score (nSPS) is 11.2. The fourth-order valence-corrected chi connectivity index (χ4v) is 5.46. The minimum Gasteiger partial charge on any atom is -0.507 e. The van der Waals surface area contributed by atoms with E-state index in [4.69, 9.17) is 4.74 Å². The number of hydrogen-bond donors (Lipinski definition) is 1. The topological polar surface area (TPSA) is 46.5 Å². The molecule has 24 heavy (non-hydrogen) atoms. The van der Waals surface area contributed by atoms with Crippen LogP contribution in [0.1, 0.15) is 6.92 Å². The number of rotatable bonds is 5. The van der Waals surface area contributed by atoms with Gasteiger partial charge in [-0.05, 0) is 25.1 Å². The maximum absolute atomic E-state index is 14.2. The van der Waals surface area contributed by atoms with E-state index in [1.807, 2.05) is 67.6 Å². The molecule has 0 fully saturated rings. The molecule has 0 aliphatic carbocycles. The lowest BCUT2D eigenvalue weighted by Gasteiger charge is -2.21. The Balaban J connectivity index is 2.28. The van der Waals surface area contributed by atoms with E-state index in [2.05, 4.69) is 0 Å². The van der Waals surface area contributed by atoms with E-state index in [0.29, 0.717) is 28.3 Å². The molecule has 0 bridgehead atoms. The summed E-state index contributed by atoms with van der Waals surface area (Å²) in [5.41, 5.74) is 0. The van der Waals surface area contributed by atoms with Gasteiger partial charge in [-0.25, -0.2) is 0 Å². The summed E-state index contributed by atoms with van der Waals surface area (Å²) >= 11 is 0. The summed E-state index contributed by atoms with van der Waals surface area (Å²) in [5, 5.41) is 12.2. The molecule has 3 rings (SSSR count). The molecule has 0 unspecified atom stereocenters. The van der Waals surface area contributed by atoms with E-state index >= 15 is 0 Å². The van der Waals surface area contributed by atoms with Crippen LogP contribution in [0.4, 0.5) is 0 Å². The lowest BCUT2D eigenvalue weighted by atomic mass is 10.3. The van der Waals surface area contributed by atoms with Crippen molar-refractivity contribution in [2.45, 2.75) is 6.92 Å². The zero-order chi connectivity index (χ0) is 17.0. The third-order valence-electron chi connectivity index (χ3n) is 3.84. The van der Waals surface area contributed by atoms with Gasteiger partial charge in [0.1, 0.15) is 11.5 Å². The third kappa shape index (κ3) is 2.95. The maximum Gasteiger partial charge on any atom is 0.174 e. The van der Waals surface area contributed by atoms with Gasteiger partial charge in [0, 0.05) is 10.6 Å². The molecule has 3 aromatic carbocycles. The molecule has 0 saturated heterocycles. The van der Waals surface area contributed by atoms with E-state index in [1.54, 1.807) is 18.2 Å². The highest BCUT2D eigenvalue weighted by molar-refractivity contribution is 7.85. The van der Waals surface area contributed by atoms with E-state index in [0.717, 1.165) is 0 Å². The lowest BCUT2D eigenvalue weighted by Crippen LogP contribution is -2.25. The van der Waals surface area contributed by atoms with Crippen molar-refractivity contribution >= 4 is 23.1 Å². The molecule has 0 aliphatic rings. The van der Waals surface area contributed by atoms with Crippen molar-refractivity contribution in [1.29, 1.82) is 0 Å². The van der Waals surface area contributed by atoms with Crippen molar-refractivity contribution in [3.63, 3.8) is 0 Å². The van der Waals surface area contributed by atoms with E-state index in [9.17, 15) is 9.67 Å². The van der Waals surface area contributed by atoms with Gasteiger partial charge >= 0.3 is 0 Å². The van der Waals surface area contributed by atoms with Crippen LogP contribution in [0, 0.1) is 0 Å². The molecule has 0 radical (unpaired) electrons.